The van der Waals surface area contributed by atoms with Gasteiger partial charge in [-0.25, -0.2) is 0 Å². The van der Waals surface area contributed by atoms with E-state index in [4.69, 9.17) is 5.73 Å². The van der Waals surface area contributed by atoms with Gasteiger partial charge in [-0.1, -0.05) is 15.9 Å². The van der Waals surface area contributed by atoms with Gasteiger partial charge in [0.25, 0.3) is 0 Å². The highest BCUT2D eigenvalue weighted by Gasteiger charge is 2.18. The standard InChI is InChI=1S/C14H23BrN4/c1-17(2)5-6-18-7-9-19(10-8-18)14-4-3-12(15)11-13(14)16/h3-4,11H,5-10,16H2,1-2H3. The number of nitrogens with two attached hydrogens (primary N) is 1. The summed E-state index contributed by atoms with van der Waals surface area (Å²) in [4.78, 5) is 7.14. The van der Waals surface area contributed by atoms with Gasteiger partial charge in [0, 0.05) is 43.7 Å². The fraction of sp³-hybridized carbons (Fsp3) is 0.571. The summed E-state index contributed by atoms with van der Waals surface area (Å²) in [5.74, 6) is 0. The van der Waals surface area contributed by atoms with E-state index in [1.165, 1.54) is 0 Å². The zero-order valence-electron chi connectivity index (χ0n) is 11.8. The van der Waals surface area contributed by atoms with Gasteiger partial charge in [-0.05, 0) is 32.3 Å². The van der Waals surface area contributed by atoms with Gasteiger partial charge in [0.15, 0.2) is 0 Å². The third-order valence-corrected chi connectivity index (χ3v) is 4.06. The van der Waals surface area contributed by atoms with E-state index in [0.29, 0.717) is 0 Å². The lowest BCUT2D eigenvalue weighted by Gasteiger charge is -2.37. The van der Waals surface area contributed by atoms with Crippen LogP contribution in [-0.4, -0.2) is 63.2 Å². The topological polar surface area (TPSA) is 35.7 Å². The molecular formula is C14H23BrN4. The summed E-state index contributed by atoms with van der Waals surface area (Å²) in [5, 5.41) is 0. The number of piperazine rings is 1. The Labute approximate surface area is 124 Å². The van der Waals surface area contributed by atoms with Gasteiger partial charge in [0.2, 0.25) is 0 Å². The molecule has 1 fully saturated rings. The van der Waals surface area contributed by atoms with Gasteiger partial charge < -0.3 is 15.5 Å². The summed E-state index contributed by atoms with van der Waals surface area (Å²) in [7, 11) is 4.25. The molecule has 0 aromatic heterocycles. The van der Waals surface area contributed by atoms with Gasteiger partial charge in [-0.2, -0.15) is 0 Å². The van der Waals surface area contributed by atoms with Crippen LogP contribution in [0.25, 0.3) is 0 Å². The Hall–Kier alpha value is -0.780. The first-order chi connectivity index (χ1) is 9.06. The molecule has 0 spiro atoms. The first kappa shape index (κ1) is 14.6. The lowest BCUT2D eigenvalue weighted by atomic mass is 10.2. The van der Waals surface area contributed by atoms with Crippen LogP contribution in [0.2, 0.25) is 0 Å². The van der Waals surface area contributed by atoms with Crippen LogP contribution >= 0.6 is 15.9 Å². The van der Waals surface area contributed by atoms with Crippen molar-refractivity contribution in [1.82, 2.24) is 9.80 Å². The number of anilines is 2. The number of benzene rings is 1. The first-order valence-corrected chi connectivity index (χ1v) is 7.52. The Morgan fingerprint density at radius 3 is 2.47 bits per heavy atom. The molecule has 1 aromatic rings. The highest BCUT2D eigenvalue weighted by molar-refractivity contribution is 9.10. The van der Waals surface area contributed by atoms with E-state index in [-0.39, 0.29) is 0 Å². The summed E-state index contributed by atoms with van der Waals surface area (Å²) in [6, 6.07) is 6.15. The van der Waals surface area contributed by atoms with E-state index in [9.17, 15) is 0 Å². The van der Waals surface area contributed by atoms with Crippen molar-refractivity contribution in [2.75, 3.05) is 64.0 Å². The van der Waals surface area contributed by atoms with Crippen LogP contribution in [0.4, 0.5) is 11.4 Å². The monoisotopic (exact) mass is 326 g/mol. The van der Waals surface area contributed by atoms with Crippen molar-refractivity contribution in [2.24, 2.45) is 0 Å². The molecule has 0 amide bonds. The van der Waals surface area contributed by atoms with Crippen LogP contribution in [0.5, 0.6) is 0 Å². The average molecular weight is 327 g/mol. The molecule has 5 heteroatoms. The highest BCUT2D eigenvalue weighted by atomic mass is 79.9. The predicted molar refractivity (Wildman–Crippen MR) is 85.8 cm³/mol. The third-order valence-electron chi connectivity index (χ3n) is 3.57. The van der Waals surface area contributed by atoms with Crippen molar-refractivity contribution in [3.63, 3.8) is 0 Å². The molecule has 1 aliphatic heterocycles. The van der Waals surface area contributed by atoms with Gasteiger partial charge in [0.05, 0.1) is 11.4 Å². The lowest BCUT2D eigenvalue weighted by molar-refractivity contribution is 0.229. The molecule has 2 N–H and O–H groups in total. The van der Waals surface area contributed by atoms with E-state index < -0.39 is 0 Å². The molecule has 0 radical (unpaired) electrons. The number of nitrogen functional groups attached to an aromatic ring is 1. The number of hydrogen-bond donors (Lipinski definition) is 1. The van der Waals surface area contributed by atoms with E-state index in [1.54, 1.807) is 0 Å². The predicted octanol–water partition coefficient (Wildman–Crippen LogP) is 1.71. The SMILES string of the molecule is CN(C)CCN1CCN(c2ccc(Br)cc2N)CC1. The van der Waals surface area contributed by atoms with Crippen molar-refractivity contribution < 1.29 is 0 Å². The molecule has 0 atom stereocenters. The Morgan fingerprint density at radius 2 is 1.89 bits per heavy atom. The molecule has 1 aromatic carbocycles. The number of nitrogens with zero attached hydrogens (tertiary/aromatic N) is 3. The highest BCUT2D eigenvalue weighted by Crippen LogP contribution is 2.27. The fourth-order valence-corrected chi connectivity index (χ4v) is 2.75. The van der Waals surface area contributed by atoms with Crippen molar-refractivity contribution in [2.45, 2.75) is 0 Å². The van der Waals surface area contributed by atoms with Crippen LogP contribution in [0, 0.1) is 0 Å². The van der Waals surface area contributed by atoms with Crippen LogP contribution in [0.3, 0.4) is 0 Å². The molecule has 1 aliphatic rings. The Morgan fingerprint density at radius 1 is 1.21 bits per heavy atom. The van der Waals surface area contributed by atoms with E-state index >= 15 is 0 Å². The zero-order chi connectivity index (χ0) is 13.8. The molecule has 106 valence electrons. The summed E-state index contributed by atoms with van der Waals surface area (Å²) in [5.41, 5.74) is 8.11. The lowest BCUT2D eigenvalue weighted by Crippen LogP contribution is -2.48. The zero-order valence-corrected chi connectivity index (χ0v) is 13.4. The number of rotatable bonds is 4. The minimum Gasteiger partial charge on any atom is -0.397 e. The van der Waals surface area contributed by atoms with Crippen molar-refractivity contribution in [3.8, 4) is 0 Å². The number of hydrogen-bond acceptors (Lipinski definition) is 4. The maximum absolute atomic E-state index is 6.09. The largest absolute Gasteiger partial charge is 0.397 e. The molecular weight excluding hydrogens is 304 g/mol. The Kier molecular flexibility index (Phi) is 5.07. The molecule has 1 saturated heterocycles. The Balaban J connectivity index is 1.89. The second kappa shape index (κ2) is 6.59. The van der Waals surface area contributed by atoms with Gasteiger partial charge in [-0.15, -0.1) is 0 Å². The van der Waals surface area contributed by atoms with Crippen molar-refractivity contribution in [3.05, 3.63) is 22.7 Å². The fourth-order valence-electron chi connectivity index (χ4n) is 2.37. The van der Waals surface area contributed by atoms with Gasteiger partial charge in [-0.3, -0.25) is 4.90 Å². The minimum absolute atomic E-state index is 0.858. The molecule has 0 bridgehead atoms. The van der Waals surface area contributed by atoms with Gasteiger partial charge in [0.1, 0.15) is 0 Å². The average Bonchev–Trinajstić information content (AvgIpc) is 2.37. The van der Waals surface area contributed by atoms with Crippen LogP contribution in [0.1, 0.15) is 0 Å². The van der Waals surface area contributed by atoms with Crippen molar-refractivity contribution in [1.29, 1.82) is 0 Å². The summed E-state index contributed by atoms with van der Waals surface area (Å²) < 4.78 is 1.04. The summed E-state index contributed by atoms with van der Waals surface area (Å²) in [6.45, 7) is 6.61. The molecule has 0 saturated carbocycles. The summed E-state index contributed by atoms with van der Waals surface area (Å²) in [6.07, 6.45) is 0. The molecule has 2 rings (SSSR count). The van der Waals surface area contributed by atoms with E-state index in [2.05, 4.69) is 56.9 Å². The minimum atomic E-state index is 0.858. The molecule has 19 heavy (non-hydrogen) atoms. The van der Waals surface area contributed by atoms with Crippen LogP contribution in [-0.2, 0) is 0 Å². The third kappa shape index (κ3) is 4.09. The number of likely N-dealkylation sites (N-methyl/N-ethyl adjacent to an activating group) is 1. The molecule has 1 heterocycles. The molecule has 4 nitrogen and oxygen atoms in total. The second-order valence-electron chi connectivity index (χ2n) is 5.34. The maximum atomic E-state index is 6.09. The molecule has 0 unspecified atom stereocenters. The van der Waals surface area contributed by atoms with Crippen LogP contribution < -0.4 is 10.6 Å². The quantitative estimate of drug-likeness (QED) is 0.854. The normalized spacial score (nSPS) is 17.2. The van der Waals surface area contributed by atoms with Gasteiger partial charge >= 0.3 is 0 Å². The van der Waals surface area contributed by atoms with Crippen molar-refractivity contribution >= 4 is 27.3 Å². The second-order valence-corrected chi connectivity index (χ2v) is 6.25. The smallest absolute Gasteiger partial charge is 0.0601 e. The number of halogens is 1. The Bertz CT molecular complexity index is 414. The van der Waals surface area contributed by atoms with Crippen LogP contribution in [0.15, 0.2) is 22.7 Å². The van der Waals surface area contributed by atoms with E-state index in [1.807, 2.05) is 6.07 Å². The first-order valence-electron chi connectivity index (χ1n) is 6.73. The molecule has 0 aliphatic carbocycles. The maximum Gasteiger partial charge on any atom is 0.0601 e. The summed E-state index contributed by atoms with van der Waals surface area (Å²) >= 11 is 3.45. The van der Waals surface area contributed by atoms with E-state index in [0.717, 1.165) is 55.1 Å².